The van der Waals surface area contributed by atoms with Gasteiger partial charge in [-0.2, -0.15) is 0 Å². The lowest BCUT2D eigenvalue weighted by atomic mass is 9.99. The fraction of sp³-hybridized carbons (Fsp3) is 0.500. The van der Waals surface area contributed by atoms with Crippen LogP contribution >= 0.6 is 15.9 Å². The third-order valence-corrected chi connectivity index (χ3v) is 3.05. The summed E-state index contributed by atoms with van der Waals surface area (Å²) in [5.41, 5.74) is 1.11. The molecule has 0 heterocycles. The van der Waals surface area contributed by atoms with E-state index in [1.807, 2.05) is 32.0 Å². The Balaban J connectivity index is 2.75. The molecule has 1 unspecified atom stereocenters. The molecule has 0 fully saturated rings. The molecule has 0 aliphatic heterocycles. The Morgan fingerprint density at radius 1 is 1.40 bits per heavy atom. The van der Waals surface area contributed by atoms with Gasteiger partial charge < -0.3 is 9.84 Å². The van der Waals surface area contributed by atoms with Gasteiger partial charge in [-0.1, -0.05) is 19.9 Å². The molecule has 3 heteroatoms. The SMILES string of the molecule is COc1ccc(CC(O)C(C)C)cc1Br. The number of halogens is 1. The molecule has 2 nitrogen and oxygen atoms in total. The zero-order valence-corrected chi connectivity index (χ0v) is 10.9. The normalized spacial score (nSPS) is 12.9. The average molecular weight is 273 g/mol. The first-order chi connectivity index (χ1) is 7.04. The van der Waals surface area contributed by atoms with Gasteiger partial charge in [0.05, 0.1) is 17.7 Å². The number of rotatable bonds is 4. The van der Waals surface area contributed by atoms with Crippen molar-refractivity contribution in [2.45, 2.75) is 26.4 Å². The third-order valence-electron chi connectivity index (χ3n) is 2.43. The van der Waals surface area contributed by atoms with E-state index in [1.165, 1.54) is 0 Å². The Morgan fingerprint density at radius 3 is 2.53 bits per heavy atom. The van der Waals surface area contributed by atoms with E-state index >= 15 is 0 Å². The van der Waals surface area contributed by atoms with Crippen molar-refractivity contribution in [3.63, 3.8) is 0 Å². The maximum atomic E-state index is 9.75. The van der Waals surface area contributed by atoms with Crippen molar-refractivity contribution in [3.8, 4) is 5.75 Å². The highest BCUT2D eigenvalue weighted by Gasteiger charge is 2.11. The number of methoxy groups -OCH3 is 1. The van der Waals surface area contributed by atoms with Gasteiger partial charge in [-0.3, -0.25) is 0 Å². The molecule has 0 radical (unpaired) electrons. The lowest BCUT2D eigenvalue weighted by Gasteiger charge is -2.14. The van der Waals surface area contributed by atoms with Crippen LogP contribution in [0.25, 0.3) is 0 Å². The maximum absolute atomic E-state index is 9.75. The van der Waals surface area contributed by atoms with Gasteiger partial charge in [-0.15, -0.1) is 0 Å². The van der Waals surface area contributed by atoms with Crippen LogP contribution in [0.2, 0.25) is 0 Å². The van der Waals surface area contributed by atoms with Gasteiger partial charge in [-0.25, -0.2) is 0 Å². The summed E-state index contributed by atoms with van der Waals surface area (Å²) >= 11 is 3.43. The summed E-state index contributed by atoms with van der Waals surface area (Å²) in [5.74, 6) is 1.10. The molecule has 0 aliphatic rings. The van der Waals surface area contributed by atoms with Crippen LogP contribution in [0.15, 0.2) is 22.7 Å². The minimum absolute atomic E-state index is 0.283. The van der Waals surface area contributed by atoms with E-state index in [9.17, 15) is 5.11 Å². The van der Waals surface area contributed by atoms with Crippen LogP contribution in [-0.4, -0.2) is 18.3 Å². The van der Waals surface area contributed by atoms with Crippen LogP contribution in [-0.2, 0) is 6.42 Å². The lowest BCUT2D eigenvalue weighted by molar-refractivity contribution is 0.125. The first kappa shape index (κ1) is 12.5. The van der Waals surface area contributed by atoms with Crippen molar-refractivity contribution in [3.05, 3.63) is 28.2 Å². The minimum atomic E-state index is -0.287. The Bertz CT molecular complexity index is 323. The Kier molecular flexibility index (Phi) is 4.61. The van der Waals surface area contributed by atoms with Crippen LogP contribution in [0.3, 0.4) is 0 Å². The number of ether oxygens (including phenoxy) is 1. The van der Waals surface area contributed by atoms with E-state index in [4.69, 9.17) is 4.74 Å². The smallest absolute Gasteiger partial charge is 0.133 e. The summed E-state index contributed by atoms with van der Waals surface area (Å²) in [5, 5.41) is 9.75. The lowest BCUT2D eigenvalue weighted by Crippen LogP contribution is -2.17. The molecule has 1 aromatic rings. The molecule has 0 amide bonds. The molecular weight excluding hydrogens is 256 g/mol. The number of hydrogen-bond donors (Lipinski definition) is 1. The molecular formula is C12H17BrO2. The van der Waals surface area contributed by atoms with Crippen molar-refractivity contribution >= 4 is 15.9 Å². The second-order valence-corrected chi connectivity index (χ2v) is 4.84. The first-order valence-corrected chi connectivity index (χ1v) is 5.84. The second kappa shape index (κ2) is 5.52. The number of benzene rings is 1. The quantitative estimate of drug-likeness (QED) is 0.913. The predicted octanol–water partition coefficient (Wildman–Crippen LogP) is 3.02. The summed E-state index contributed by atoms with van der Waals surface area (Å²) in [6.45, 7) is 4.03. The maximum Gasteiger partial charge on any atom is 0.133 e. The van der Waals surface area contributed by atoms with Gasteiger partial charge in [0.15, 0.2) is 0 Å². The van der Waals surface area contributed by atoms with Gasteiger partial charge in [0.25, 0.3) is 0 Å². The Morgan fingerprint density at radius 2 is 2.07 bits per heavy atom. The summed E-state index contributed by atoms with van der Waals surface area (Å²) < 4.78 is 6.07. The third kappa shape index (κ3) is 3.50. The summed E-state index contributed by atoms with van der Waals surface area (Å²) in [6.07, 6.45) is 0.394. The van der Waals surface area contributed by atoms with Crippen molar-refractivity contribution in [2.24, 2.45) is 5.92 Å². The van der Waals surface area contributed by atoms with Gasteiger partial charge in [0, 0.05) is 0 Å². The van der Waals surface area contributed by atoms with Gasteiger partial charge in [-0.05, 0) is 46.0 Å². The Labute approximate surface area is 99.4 Å². The number of aliphatic hydroxyl groups is 1. The molecule has 1 N–H and O–H groups in total. The van der Waals surface area contributed by atoms with Crippen LogP contribution in [0.4, 0.5) is 0 Å². The predicted molar refractivity (Wildman–Crippen MR) is 65.2 cm³/mol. The molecule has 0 saturated carbocycles. The molecule has 0 saturated heterocycles. The van der Waals surface area contributed by atoms with E-state index in [-0.39, 0.29) is 12.0 Å². The van der Waals surface area contributed by atoms with E-state index in [2.05, 4.69) is 15.9 Å². The van der Waals surface area contributed by atoms with Gasteiger partial charge >= 0.3 is 0 Å². The van der Waals surface area contributed by atoms with E-state index < -0.39 is 0 Å². The highest BCUT2D eigenvalue weighted by atomic mass is 79.9. The first-order valence-electron chi connectivity index (χ1n) is 5.05. The molecule has 0 aliphatic carbocycles. The molecule has 1 rings (SSSR count). The van der Waals surface area contributed by atoms with Crippen LogP contribution in [0.1, 0.15) is 19.4 Å². The highest BCUT2D eigenvalue weighted by Crippen LogP contribution is 2.26. The topological polar surface area (TPSA) is 29.5 Å². The second-order valence-electron chi connectivity index (χ2n) is 3.98. The molecule has 0 aromatic heterocycles. The monoisotopic (exact) mass is 272 g/mol. The van der Waals surface area contributed by atoms with Crippen molar-refractivity contribution < 1.29 is 9.84 Å². The molecule has 15 heavy (non-hydrogen) atoms. The molecule has 1 atom stereocenters. The molecule has 84 valence electrons. The zero-order valence-electron chi connectivity index (χ0n) is 9.33. The van der Waals surface area contributed by atoms with Crippen LogP contribution in [0, 0.1) is 5.92 Å². The van der Waals surface area contributed by atoms with Gasteiger partial charge in [0.1, 0.15) is 5.75 Å². The average Bonchev–Trinajstić information content (AvgIpc) is 2.18. The summed E-state index contributed by atoms with van der Waals surface area (Å²) in [7, 11) is 1.64. The zero-order chi connectivity index (χ0) is 11.4. The standard InChI is InChI=1S/C12H17BrO2/c1-8(2)11(14)7-9-4-5-12(15-3)10(13)6-9/h4-6,8,11,14H,7H2,1-3H3. The van der Waals surface area contributed by atoms with Crippen molar-refractivity contribution in [2.75, 3.05) is 7.11 Å². The van der Waals surface area contributed by atoms with Crippen LogP contribution < -0.4 is 4.74 Å². The Hall–Kier alpha value is -0.540. The fourth-order valence-corrected chi connectivity index (χ4v) is 1.90. The minimum Gasteiger partial charge on any atom is -0.496 e. The van der Waals surface area contributed by atoms with Crippen molar-refractivity contribution in [1.82, 2.24) is 0 Å². The van der Waals surface area contributed by atoms with E-state index in [0.717, 1.165) is 15.8 Å². The van der Waals surface area contributed by atoms with Crippen molar-refractivity contribution in [1.29, 1.82) is 0 Å². The summed E-state index contributed by atoms with van der Waals surface area (Å²) in [4.78, 5) is 0. The number of aliphatic hydroxyl groups excluding tert-OH is 1. The molecule has 0 bridgehead atoms. The van der Waals surface area contributed by atoms with E-state index in [0.29, 0.717) is 6.42 Å². The highest BCUT2D eigenvalue weighted by molar-refractivity contribution is 9.10. The van der Waals surface area contributed by atoms with Gasteiger partial charge in [0.2, 0.25) is 0 Å². The van der Waals surface area contributed by atoms with Crippen LogP contribution in [0.5, 0.6) is 5.75 Å². The fourth-order valence-electron chi connectivity index (χ4n) is 1.31. The largest absolute Gasteiger partial charge is 0.496 e. The van der Waals surface area contributed by atoms with E-state index in [1.54, 1.807) is 7.11 Å². The summed E-state index contributed by atoms with van der Waals surface area (Å²) in [6, 6.07) is 5.88. The molecule has 1 aromatic carbocycles. The molecule has 0 spiro atoms. The number of hydrogen-bond acceptors (Lipinski definition) is 2.